The fourth-order valence-electron chi connectivity index (χ4n) is 2.10. The molecule has 0 radical (unpaired) electrons. The summed E-state index contributed by atoms with van der Waals surface area (Å²) in [7, 11) is 1.70. The van der Waals surface area contributed by atoms with Crippen LogP contribution in [0.1, 0.15) is 10.8 Å². The molecule has 0 N–H and O–H groups in total. The first-order valence-electron chi connectivity index (χ1n) is 5.47. The second-order valence-electron chi connectivity index (χ2n) is 3.99. The summed E-state index contributed by atoms with van der Waals surface area (Å²) in [4.78, 5) is 6.86. The van der Waals surface area contributed by atoms with Crippen LogP contribution in [0.25, 0.3) is 0 Å². The largest absolute Gasteiger partial charge is 0.497 e. The number of aliphatic imine (C=N–C) groups is 1. The zero-order valence-corrected chi connectivity index (χ0v) is 10.0. The molecule has 16 heavy (non-hydrogen) atoms. The Morgan fingerprint density at radius 2 is 2.19 bits per heavy atom. The summed E-state index contributed by atoms with van der Waals surface area (Å²) in [6.45, 7) is 3.16. The molecule has 0 amide bonds. The second-order valence-corrected chi connectivity index (χ2v) is 5.16. The van der Waals surface area contributed by atoms with Crippen molar-refractivity contribution in [3.8, 4) is 5.75 Å². The number of thioether (sulfide) groups is 1. The molecule has 3 nitrogen and oxygen atoms in total. The second kappa shape index (κ2) is 4.01. The molecule has 1 saturated heterocycles. The summed E-state index contributed by atoms with van der Waals surface area (Å²) >= 11 is 1.88. The van der Waals surface area contributed by atoms with E-state index in [9.17, 15) is 0 Å². The summed E-state index contributed by atoms with van der Waals surface area (Å²) in [6, 6.07) is 8.36. The summed E-state index contributed by atoms with van der Waals surface area (Å²) in [5.41, 5.74) is 1.36. The molecule has 84 valence electrons. The van der Waals surface area contributed by atoms with Crippen molar-refractivity contribution in [1.82, 2.24) is 4.90 Å². The van der Waals surface area contributed by atoms with Gasteiger partial charge in [-0.05, 0) is 17.7 Å². The Hall–Kier alpha value is -1.16. The van der Waals surface area contributed by atoms with Gasteiger partial charge in [0.25, 0.3) is 0 Å². The number of hydrogen-bond donors (Lipinski definition) is 0. The molecule has 1 fully saturated rings. The Labute approximate surface area is 99.5 Å². The molecular formula is C12H14N2OS. The van der Waals surface area contributed by atoms with Crippen molar-refractivity contribution >= 4 is 16.9 Å². The number of benzene rings is 1. The van der Waals surface area contributed by atoms with Gasteiger partial charge < -0.3 is 9.64 Å². The van der Waals surface area contributed by atoms with E-state index >= 15 is 0 Å². The van der Waals surface area contributed by atoms with Gasteiger partial charge in [0.05, 0.1) is 18.9 Å². The van der Waals surface area contributed by atoms with E-state index in [-0.39, 0.29) is 0 Å². The Morgan fingerprint density at radius 1 is 1.38 bits per heavy atom. The number of fused-ring (bicyclic) bond motifs is 1. The molecule has 1 aromatic carbocycles. The molecule has 4 heteroatoms. The molecular weight excluding hydrogens is 220 g/mol. The van der Waals surface area contributed by atoms with E-state index < -0.39 is 0 Å². The molecule has 1 aromatic rings. The minimum atomic E-state index is 0.532. The molecule has 2 aliphatic heterocycles. The third kappa shape index (κ3) is 1.67. The lowest BCUT2D eigenvalue weighted by Gasteiger charge is -2.12. The molecule has 2 aliphatic rings. The van der Waals surface area contributed by atoms with Crippen molar-refractivity contribution in [3.05, 3.63) is 29.8 Å². The van der Waals surface area contributed by atoms with Crippen molar-refractivity contribution in [2.24, 2.45) is 4.99 Å². The van der Waals surface area contributed by atoms with Gasteiger partial charge in [-0.1, -0.05) is 23.9 Å². The number of amidine groups is 1. The zero-order valence-electron chi connectivity index (χ0n) is 9.22. The summed E-state index contributed by atoms with van der Waals surface area (Å²) in [5.74, 6) is 0.921. The normalized spacial score (nSPS) is 23.2. The number of ether oxygens (including phenoxy) is 1. The minimum absolute atomic E-state index is 0.532. The average molecular weight is 234 g/mol. The number of methoxy groups -OCH3 is 1. The van der Waals surface area contributed by atoms with E-state index in [1.165, 1.54) is 10.7 Å². The highest BCUT2D eigenvalue weighted by Crippen LogP contribution is 2.39. The van der Waals surface area contributed by atoms with Crippen molar-refractivity contribution in [2.45, 2.75) is 5.25 Å². The lowest BCUT2D eigenvalue weighted by Crippen LogP contribution is -2.21. The summed E-state index contributed by atoms with van der Waals surface area (Å²) in [6.07, 6.45) is 0. The third-order valence-corrected chi connectivity index (χ3v) is 4.31. The van der Waals surface area contributed by atoms with E-state index in [1.54, 1.807) is 7.11 Å². The molecule has 0 bridgehead atoms. The topological polar surface area (TPSA) is 24.8 Å². The predicted molar refractivity (Wildman–Crippen MR) is 67.2 cm³/mol. The van der Waals surface area contributed by atoms with Gasteiger partial charge in [-0.15, -0.1) is 0 Å². The van der Waals surface area contributed by atoms with E-state index in [2.05, 4.69) is 22.0 Å². The van der Waals surface area contributed by atoms with Gasteiger partial charge >= 0.3 is 0 Å². The number of nitrogens with zero attached hydrogens (tertiary/aromatic N) is 2. The van der Waals surface area contributed by atoms with E-state index in [0.717, 1.165) is 25.4 Å². The first kappa shape index (κ1) is 10.0. The highest BCUT2D eigenvalue weighted by atomic mass is 32.2. The van der Waals surface area contributed by atoms with Gasteiger partial charge in [-0.3, -0.25) is 4.99 Å². The first-order valence-corrected chi connectivity index (χ1v) is 6.35. The Kier molecular flexibility index (Phi) is 2.52. The minimum Gasteiger partial charge on any atom is -0.497 e. The van der Waals surface area contributed by atoms with Crippen LogP contribution < -0.4 is 4.74 Å². The highest BCUT2D eigenvalue weighted by molar-refractivity contribution is 8.14. The predicted octanol–water partition coefficient (Wildman–Crippen LogP) is 2.15. The van der Waals surface area contributed by atoms with Crippen LogP contribution in [0, 0.1) is 0 Å². The summed E-state index contributed by atoms with van der Waals surface area (Å²) in [5, 5.41) is 1.76. The third-order valence-electron chi connectivity index (χ3n) is 3.01. The Morgan fingerprint density at radius 3 is 2.88 bits per heavy atom. The van der Waals surface area contributed by atoms with Crippen LogP contribution in [0.5, 0.6) is 5.75 Å². The van der Waals surface area contributed by atoms with Crippen LogP contribution in [-0.4, -0.2) is 36.8 Å². The summed E-state index contributed by atoms with van der Waals surface area (Å²) < 4.78 is 5.17. The maximum absolute atomic E-state index is 5.17. The van der Waals surface area contributed by atoms with Gasteiger partial charge in [0, 0.05) is 13.1 Å². The standard InChI is InChI=1S/C12H14N2OS/c1-15-10-4-2-9(3-5-10)11-8-14-7-6-13-12(14)16-11/h2-5,11H,6-8H2,1H3. The molecule has 1 atom stereocenters. The van der Waals surface area contributed by atoms with Gasteiger partial charge in [-0.2, -0.15) is 0 Å². The monoisotopic (exact) mass is 234 g/mol. The van der Waals surface area contributed by atoms with Crippen molar-refractivity contribution in [2.75, 3.05) is 26.7 Å². The first-order chi connectivity index (χ1) is 7.86. The van der Waals surface area contributed by atoms with Crippen LogP contribution in [0.2, 0.25) is 0 Å². The fourth-order valence-corrected chi connectivity index (χ4v) is 3.38. The van der Waals surface area contributed by atoms with Gasteiger partial charge in [0.2, 0.25) is 0 Å². The van der Waals surface area contributed by atoms with Gasteiger partial charge in [-0.25, -0.2) is 0 Å². The quantitative estimate of drug-likeness (QED) is 0.784. The van der Waals surface area contributed by atoms with Gasteiger partial charge in [0.15, 0.2) is 5.17 Å². The van der Waals surface area contributed by atoms with Crippen LogP contribution in [0.3, 0.4) is 0 Å². The molecule has 0 spiro atoms. The van der Waals surface area contributed by atoms with Crippen LogP contribution in [0.15, 0.2) is 29.3 Å². The Bertz CT molecular complexity index is 416. The number of hydrogen-bond acceptors (Lipinski definition) is 4. The molecule has 0 saturated carbocycles. The highest BCUT2D eigenvalue weighted by Gasteiger charge is 2.31. The van der Waals surface area contributed by atoms with E-state index in [1.807, 2.05) is 23.9 Å². The van der Waals surface area contributed by atoms with Crippen LogP contribution >= 0.6 is 11.8 Å². The van der Waals surface area contributed by atoms with Crippen molar-refractivity contribution in [1.29, 1.82) is 0 Å². The lowest BCUT2D eigenvalue weighted by atomic mass is 10.1. The van der Waals surface area contributed by atoms with E-state index in [4.69, 9.17) is 4.74 Å². The van der Waals surface area contributed by atoms with Gasteiger partial charge in [0.1, 0.15) is 5.75 Å². The molecule has 0 aliphatic carbocycles. The SMILES string of the molecule is COc1ccc(C2CN3CCN=C3S2)cc1. The Balaban J connectivity index is 1.78. The molecule has 3 rings (SSSR count). The van der Waals surface area contributed by atoms with Crippen LogP contribution in [0.4, 0.5) is 0 Å². The maximum atomic E-state index is 5.17. The van der Waals surface area contributed by atoms with Crippen LogP contribution in [-0.2, 0) is 0 Å². The molecule has 2 heterocycles. The zero-order chi connectivity index (χ0) is 11.0. The molecule has 1 unspecified atom stereocenters. The smallest absolute Gasteiger partial charge is 0.160 e. The average Bonchev–Trinajstić information content (AvgIpc) is 2.89. The van der Waals surface area contributed by atoms with Crippen molar-refractivity contribution in [3.63, 3.8) is 0 Å². The maximum Gasteiger partial charge on any atom is 0.160 e. The number of rotatable bonds is 2. The van der Waals surface area contributed by atoms with Crippen molar-refractivity contribution < 1.29 is 4.74 Å². The van der Waals surface area contributed by atoms with E-state index in [0.29, 0.717) is 5.25 Å². The lowest BCUT2D eigenvalue weighted by molar-refractivity contribution is 0.414. The molecule has 0 aromatic heterocycles. The fraction of sp³-hybridized carbons (Fsp3) is 0.417.